The summed E-state index contributed by atoms with van der Waals surface area (Å²) in [6.07, 6.45) is 1.67. The Morgan fingerprint density at radius 3 is 3.21 bits per heavy atom. The summed E-state index contributed by atoms with van der Waals surface area (Å²) in [5.74, 6) is 1.20. The summed E-state index contributed by atoms with van der Waals surface area (Å²) in [6, 6.07) is 0. The van der Waals surface area contributed by atoms with Gasteiger partial charge in [0.25, 0.3) is 5.88 Å². The zero-order valence-corrected chi connectivity index (χ0v) is 7.89. The van der Waals surface area contributed by atoms with Crippen molar-refractivity contribution in [1.82, 2.24) is 10.2 Å². The van der Waals surface area contributed by atoms with Crippen LogP contribution in [0, 0.1) is 4.91 Å². The number of methoxy groups -OCH3 is 1. The maximum absolute atomic E-state index is 10.4. The second kappa shape index (κ2) is 3.65. The normalized spacial score (nSPS) is 15.9. The lowest BCUT2D eigenvalue weighted by Gasteiger charge is -2.08. The Kier molecular flexibility index (Phi) is 2.34. The average Bonchev–Trinajstić information content (AvgIpc) is 2.47. The number of hydrogen-bond donors (Lipinski definition) is 0. The van der Waals surface area contributed by atoms with Crippen LogP contribution < -0.4 is 4.74 Å². The van der Waals surface area contributed by atoms with E-state index in [1.807, 2.05) is 0 Å². The van der Waals surface area contributed by atoms with Crippen LogP contribution in [0.1, 0.15) is 17.7 Å². The van der Waals surface area contributed by atoms with Gasteiger partial charge in [-0.1, -0.05) is 0 Å². The van der Waals surface area contributed by atoms with Crippen molar-refractivity contribution in [3.63, 3.8) is 0 Å². The Morgan fingerprint density at radius 1 is 1.64 bits per heavy atom. The highest BCUT2D eigenvalue weighted by Gasteiger charge is 2.22. The van der Waals surface area contributed by atoms with E-state index in [4.69, 9.17) is 9.26 Å². The van der Waals surface area contributed by atoms with E-state index in [0.717, 1.165) is 18.4 Å². The first-order valence-electron chi connectivity index (χ1n) is 4.44. The highest BCUT2D eigenvalue weighted by Crippen LogP contribution is 2.26. The van der Waals surface area contributed by atoms with Crippen molar-refractivity contribution < 1.29 is 9.26 Å². The molecule has 2 rings (SSSR count). The first-order chi connectivity index (χ1) is 6.85. The molecule has 0 amide bonds. The third-order valence-electron chi connectivity index (χ3n) is 2.31. The van der Waals surface area contributed by atoms with Gasteiger partial charge in [-0.15, -0.1) is 4.91 Å². The van der Waals surface area contributed by atoms with Gasteiger partial charge in [0, 0.05) is 6.54 Å². The number of nitroso groups, excluding NO2 is 1. The van der Waals surface area contributed by atoms with Crippen molar-refractivity contribution in [3.8, 4) is 5.88 Å². The minimum atomic E-state index is 0.384. The predicted octanol–water partition coefficient (Wildman–Crippen LogP) is 1.11. The molecular weight excluding hydrogens is 186 g/mol. The van der Waals surface area contributed by atoms with Crippen LogP contribution in [0.3, 0.4) is 0 Å². The van der Waals surface area contributed by atoms with Gasteiger partial charge in [-0.05, 0) is 18.0 Å². The molecule has 0 N–H and O–H groups in total. The topological polar surface area (TPSA) is 67.9 Å². The van der Waals surface area contributed by atoms with Crippen LogP contribution in [0.2, 0.25) is 0 Å². The van der Waals surface area contributed by atoms with Crippen LogP contribution in [-0.2, 0) is 13.0 Å². The SMILES string of the molecule is COc1noc2c1CCCN(N=O)C2. The third-order valence-corrected chi connectivity index (χ3v) is 2.31. The molecule has 0 spiro atoms. The summed E-state index contributed by atoms with van der Waals surface area (Å²) >= 11 is 0. The molecule has 6 nitrogen and oxygen atoms in total. The summed E-state index contributed by atoms with van der Waals surface area (Å²) in [6.45, 7) is 1.03. The average molecular weight is 197 g/mol. The first kappa shape index (κ1) is 8.98. The molecular formula is C8H11N3O3. The Labute approximate surface area is 80.8 Å². The van der Waals surface area contributed by atoms with Crippen LogP contribution in [0.15, 0.2) is 9.81 Å². The van der Waals surface area contributed by atoms with E-state index < -0.39 is 0 Å². The molecule has 14 heavy (non-hydrogen) atoms. The van der Waals surface area contributed by atoms with Gasteiger partial charge in [0.1, 0.15) is 6.54 Å². The molecule has 0 saturated heterocycles. The molecule has 1 aromatic rings. The molecule has 0 fully saturated rings. The van der Waals surface area contributed by atoms with Crippen LogP contribution >= 0.6 is 0 Å². The van der Waals surface area contributed by atoms with E-state index in [-0.39, 0.29) is 0 Å². The summed E-state index contributed by atoms with van der Waals surface area (Å²) in [7, 11) is 1.55. The minimum Gasteiger partial charge on any atom is -0.479 e. The predicted molar refractivity (Wildman–Crippen MR) is 47.6 cm³/mol. The third kappa shape index (κ3) is 1.43. The lowest BCUT2D eigenvalue weighted by atomic mass is 10.1. The molecule has 6 heteroatoms. The maximum atomic E-state index is 10.4. The summed E-state index contributed by atoms with van der Waals surface area (Å²) in [5, 5.41) is 8.08. The van der Waals surface area contributed by atoms with Gasteiger partial charge < -0.3 is 9.26 Å². The van der Waals surface area contributed by atoms with E-state index in [2.05, 4.69) is 10.4 Å². The second-order valence-corrected chi connectivity index (χ2v) is 3.17. The molecule has 0 radical (unpaired) electrons. The van der Waals surface area contributed by atoms with Crippen molar-refractivity contribution in [2.45, 2.75) is 19.4 Å². The van der Waals surface area contributed by atoms with Crippen LogP contribution in [0.5, 0.6) is 5.88 Å². The molecule has 0 atom stereocenters. The molecule has 2 heterocycles. The van der Waals surface area contributed by atoms with Crippen molar-refractivity contribution in [1.29, 1.82) is 0 Å². The van der Waals surface area contributed by atoms with Gasteiger partial charge in [0.05, 0.1) is 18.0 Å². The van der Waals surface area contributed by atoms with E-state index in [1.165, 1.54) is 5.01 Å². The maximum Gasteiger partial charge on any atom is 0.257 e. The van der Waals surface area contributed by atoms with Crippen LogP contribution in [-0.4, -0.2) is 23.8 Å². The Bertz CT molecular complexity index is 337. The molecule has 0 aliphatic carbocycles. The molecule has 1 aromatic heterocycles. The first-order valence-corrected chi connectivity index (χ1v) is 4.44. The number of ether oxygens (including phenoxy) is 1. The highest BCUT2D eigenvalue weighted by molar-refractivity contribution is 5.29. The molecule has 1 aliphatic rings. The molecule has 76 valence electrons. The van der Waals surface area contributed by atoms with Crippen molar-refractivity contribution in [2.24, 2.45) is 5.29 Å². The second-order valence-electron chi connectivity index (χ2n) is 3.17. The van der Waals surface area contributed by atoms with Crippen molar-refractivity contribution in [2.75, 3.05) is 13.7 Å². The highest BCUT2D eigenvalue weighted by atomic mass is 16.5. The van der Waals surface area contributed by atoms with Gasteiger partial charge in [-0.25, -0.2) is 0 Å². The Morgan fingerprint density at radius 2 is 2.50 bits per heavy atom. The zero-order chi connectivity index (χ0) is 9.97. The smallest absolute Gasteiger partial charge is 0.257 e. The quantitative estimate of drug-likeness (QED) is 0.664. The lowest BCUT2D eigenvalue weighted by molar-refractivity contribution is 0.238. The number of hydrogen-bond acceptors (Lipinski definition) is 5. The monoisotopic (exact) mass is 197 g/mol. The summed E-state index contributed by atoms with van der Waals surface area (Å²) < 4.78 is 10.1. The molecule has 0 unspecified atom stereocenters. The number of aromatic nitrogens is 1. The van der Waals surface area contributed by atoms with Crippen LogP contribution in [0.4, 0.5) is 0 Å². The van der Waals surface area contributed by atoms with Crippen LogP contribution in [0.25, 0.3) is 0 Å². The molecule has 1 aliphatic heterocycles. The van der Waals surface area contributed by atoms with Crippen molar-refractivity contribution in [3.05, 3.63) is 16.2 Å². The fourth-order valence-corrected chi connectivity index (χ4v) is 1.61. The number of fused-ring (bicyclic) bond motifs is 1. The number of nitrogens with zero attached hydrogens (tertiary/aromatic N) is 3. The molecule has 0 aromatic carbocycles. The fourth-order valence-electron chi connectivity index (χ4n) is 1.61. The standard InChI is InChI=1S/C8H11N3O3/c1-13-8-6-3-2-4-11(10-12)5-7(6)14-9-8/h2-5H2,1H3. The summed E-state index contributed by atoms with van der Waals surface area (Å²) in [5.41, 5.74) is 0.957. The van der Waals surface area contributed by atoms with Gasteiger partial charge in [0.2, 0.25) is 0 Å². The van der Waals surface area contributed by atoms with Gasteiger partial charge in [-0.3, -0.25) is 5.01 Å². The van der Waals surface area contributed by atoms with Crippen molar-refractivity contribution >= 4 is 0 Å². The lowest BCUT2D eigenvalue weighted by Crippen LogP contribution is -2.15. The van der Waals surface area contributed by atoms with Gasteiger partial charge in [0.15, 0.2) is 5.76 Å². The summed E-state index contributed by atoms with van der Waals surface area (Å²) in [4.78, 5) is 10.4. The number of rotatable bonds is 2. The van der Waals surface area contributed by atoms with E-state index >= 15 is 0 Å². The fraction of sp³-hybridized carbons (Fsp3) is 0.625. The molecule has 0 saturated carbocycles. The van der Waals surface area contributed by atoms with Gasteiger partial charge >= 0.3 is 0 Å². The van der Waals surface area contributed by atoms with E-state index in [0.29, 0.717) is 24.7 Å². The Hall–Kier alpha value is -1.59. The largest absolute Gasteiger partial charge is 0.479 e. The Balaban J connectivity index is 2.28. The minimum absolute atomic E-state index is 0.384. The van der Waals surface area contributed by atoms with E-state index in [1.54, 1.807) is 7.11 Å². The molecule has 0 bridgehead atoms. The van der Waals surface area contributed by atoms with E-state index in [9.17, 15) is 4.91 Å². The zero-order valence-electron chi connectivity index (χ0n) is 7.89. The van der Waals surface area contributed by atoms with Gasteiger partial charge in [-0.2, -0.15) is 0 Å².